The van der Waals surface area contributed by atoms with Crippen molar-refractivity contribution in [3.8, 4) is 0 Å². The summed E-state index contributed by atoms with van der Waals surface area (Å²) in [5.41, 5.74) is 6.07. The smallest absolute Gasteiger partial charge is 0.243 e. The van der Waals surface area contributed by atoms with Crippen LogP contribution in [0.4, 0.5) is 5.69 Å². The van der Waals surface area contributed by atoms with Crippen LogP contribution in [0.15, 0.2) is 27.6 Å². The van der Waals surface area contributed by atoms with Crippen LogP contribution in [0, 0.1) is 0 Å². The molecular formula is C9H13BrN2O2S. The normalized spacial score (nSPS) is 12.0. The van der Waals surface area contributed by atoms with Gasteiger partial charge in [0.05, 0.1) is 4.90 Å². The lowest BCUT2D eigenvalue weighted by molar-refractivity contribution is 0.486. The number of hydrogen-bond donors (Lipinski definition) is 1. The van der Waals surface area contributed by atoms with E-state index < -0.39 is 10.0 Å². The van der Waals surface area contributed by atoms with Crippen LogP contribution in [0.1, 0.15) is 6.92 Å². The lowest BCUT2D eigenvalue weighted by atomic mass is 10.3. The zero-order chi connectivity index (χ0) is 11.6. The van der Waals surface area contributed by atoms with Gasteiger partial charge in [-0.3, -0.25) is 0 Å². The SMILES string of the molecule is CCN(C)S(=O)(=O)c1ccc(N)cc1Br. The first-order chi connectivity index (χ1) is 6.89. The molecule has 0 radical (unpaired) electrons. The number of nitrogens with two attached hydrogens (primary N) is 1. The summed E-state index contributed by atoms with van der Waals surface area (Å²) in [4.78, 5) is 0.237. The molecule has 0 atom stereocenters. The molecule has 0 aliphatic carbocycles. The first kappa shape index (κ1) is 12.5. The van der Waals surface area contributed by atoms with Crippen molar-refractivity contribution in [2.75, 3.05) is 19.3 Å². The molecule has 0 aliphatic heterocycles. The number of hydrogen-bond acceptors (Lipinski definition) is 3. The van der Waals surface area contributed by atoms with E-state index in [-0.39, 0.29) is 4.90 Å². The number of rotatable bonds is 3. The number of sulfonamides is 1. The summed E-state index contributed by atoms with van der Waals surface area (Å²) in [5.74, 6) is 0. The highest BCUT2D eigenvalue weighted by atomic mass is 79.9. The zero-order valence-corrected chi connectivity index (χ0v) is 11.0. The first-order valence-corrected chi connectivity index (χ1v) is 6.64. The molecule has 0 aliphatic rings. The predicted octanol–water partition coefficient (Wildman–Crippen LogP) is 1.67. The summed E-state index contributed by atoms with van der Waals surface area (Å²) in [6.45, 7) is 2.21. The van der Waals surface area contributed by atoms with Crippen molar-refractivity contribution in [3.63, 3.8) is 0 Å². The number of nitrogen functional groups attached to an aromatic ring is 1. The fourth-order valence-electron chi connectivity index (χ4n) is 1.06. The van der Waals surface area contributed by atoms with Gasteiger partial charge in [0.1, 0.15) is 0 Å². The average molecular weight is 293 g/mol. The molecule has 1 aromatic carbocycles. The third-order valence-corrected chi connectivity index (χ3v) is 5.00. The van der Waals surface area contributed by atoms with Gasteiger partial charge in [0.25, 0.3) is 0 Å². The summed E-state index contributed by atoms with van der Waals surface area (Å²) in [7, 11) is -1.87. The van der Waals surface area contributed by atoms with Crippen LogP contribution in [0.5, 0.6) is 0 Å². The largest absolute Gasteiger partial charge is 0.399 e. The van der Waals surface area contributed by atoms with E-state index >= 15 is 0 Å². The highest BCUT2D eigenvalue weighted by molar-refractivity contribution is 9.10. The summed E-state index contributed by atoms with van der Waals surface area (Å²) in [5, 5.41) is 0. The fourth-order valence-corrected chi connectivity index (χ4v) is 3.30. The molecule has 0 unspecified atom stereocenters. The Morgan fingerprint density at radius 2 is 2.07 bits per heavy atom. The molecule has 1 aromatic rings. The maximum Gasteiger partial charge on any atom is 0.243 e. The molecule has 0 aromatic heterocycles. The van der Waals surface area contributed by atoms with Crippen molar-refractivity contribution in [1.82, 2.24) is 4.31 Å². The lowest BCUT2D eigenvalue weighted by Gasteiger charge is -2.15. The number of halogens is 1. The van der Waals surface area contributed by atoms with Gasteiger partial charge in [0.2, 0.25) is 10.0 Å². The van der Waals surface area contributed by atoms with E-state index in [0.29, 0.717) is 16.7 Å². The number of nitrogens with zero attached hydrogens (tertiary/aromatic N) is 1. The Morgan fingerprint density at radius 1 is 1.47 bits per heavy atom. The van der Waals surface area contributed by atoms with Crippen molar-refractivity contribution in [3.05, 3.63) is 22.7 Å². The molecule has 15 heavy (non-hydrogen) atoms. The van der Waals surface area contributed by atoms with Crippen LogP contribution in [0.25, 0.3) is 0 Å². The van der Waals surface area contributed by atoms with Gasteiger partial charge >= 0.3 is 0 Å². The second kappa shape index (κ2) is 4.51. The molecule has 0 bridgehead atoms. The Bertz CT molecular complexity index is 459. The Labute approximate surface area is 98.3 Å². The Balaban J connectivity index is 3.28. The van der Waals surface area contributed by atoms with E-state index in [1.807, 2.05) is 0 Å². The molecule has 84 valence electrons. The molecule has 4 nitrogen and oxygen atoms in total. The molecule has 2 N–H and O–H groups in total. The minimum absolute atomic E-state index is 0.237. The quantitative estimate of drug-likeness (QED) is 0.862. The second-order valence-electron chi connectivity index (χ2n) is 3.11. The van der Waals surface area contributed by atoms with Gasteiger partial charge < -0.3 is 5.73 Å². The van der Waals surface area contributed by atoms with E-state index in [0.717, 1.165) is 0 Å². The van der Waals surface area contributed by atoms with Crippen LogP contribution in [-0.4, -0.2) is 26.3 Å². The zero-order valence-electron chi connectivity index (χ0n) is 8.57. The first-order valence-electron chi connectivity index (χ1n) is 4.41. The van der Waals surface area contributed by atoms with E-state index in [9.17, 15) is 8.42 Å². The highest BCUT2D eigenvalue weighted by Crippen LogP contribution is 2.26. The molecule has 0 saturated heterocycles. The minimum Gasteiger partial charge on any atom is -0.399 e. The summed E-state index contributed by atoms with van der Waals surface area (Å²) < 4.78 is 25.7. The van der Waals surface area contributed by atoms with Crippen molar-refractivity contribution in [1.29, 1.82) is 0 Å². The molecule has 0 spiro atoms. The third-order valence-electron chi connectivity index (χ3n) is 2.09. The maximum absolute atomic E-state index is 12.0. The number of benzene rings is 1. The van der Waals surface area contributed by atoms with Crippen LogP contribution < -0.4 is 5.73 Å². The van der Waals surface area contributed by atoms with Gasteiger partial charge in [-0.05, 0) is 34.1 Å². The van der Waals surface area contributed by atoms with Gasteiger partial charge in [-0.2, -0.15) is 0 Å². The van der Waals surface area contributed by atoms with Gasteiger partial charge in [-0.25, -0.2) is 12.7 Å². The predicted molar refractivity (Wildman–Crippen MR) is 64.0 cm³/mol. The second-order valence-corrected chi connectivity index (χ2v) is 5.98. The van der Waals surface area contributed by atoms with Crippen LogP contribution in [0.3, 0.4) is 0 Å². The van der Waals surface area contributed by atoms with E-state index in [1.54, 1.807) is 19.1 Å². The molecule has 0 amide bonds. The van der Waals surface area contributed by atoms with Crippen molar-refractivity contribution in [2.24, 2.45) is 0 Å². The molecule has 6 heteroatoms. The molecular weight excluding hydrogens is 280 g/mol. The Morgan fingerprint density at radius 3 is 2.53 bits per heavy atom. The standard InChI is InChI=1S/C9H13BrN2O2S/c1-3-12(2)15(13,14)9-5-4-7(11)6-8(9)10/h4-6H,3,11H2,1-2H3. The molecule has 1 rings (SSSR count). The minimum atomic E-state index is -3.41. The molecule has 0 fully saturated rings. The third kappa shape index (κ3) is 2.50. The topological polar surface area (TPSA) is 63.4 Å². The Hall–Kier alpha value is -0.590. The van der Waals surface area contributed by atoms with Gasteiger partial charge in [-0.15, -0.1) is 0 Å². The van der Waals surface area contributed by atoms with E-state index in [2.05, 4.69) is 15.9 Å². The van der Waals surface area contributed by atoms with Gasteiger partial charge in [0, 0.05) is 23.8 Å². The van der Waals surface area contributed by atoms with Crippen molar-refractivity contribution in [2.45, 2.75) is 11.8 Å². The lowest BCUT2D eigenvalue weighted by Crippen LogP contribution is -2.26. The monoisotopic (exact) mass is 292 g/mol. The Kier molecular flexibility index (Phi) is 3.75. The van der Waals surface area contributed by atoms with Crippen LogP contribution in [0.2, 0.25) is 0 Å². The summed E-state index contributed by atoms with van der Waals surface area (Å²) in [6, 6.07) is 4.65. The average Bonchev–Trinajstić information content (AvgIpc) is 2.15. The highest BCUT2D eigenvalue weighted by Gasteiger charge is 2.21. The van der Waals surface area contributed by atoms with E-state index in [4.69, 9.17) is 5.73 Å². The van der Waals surface area contributed by atoms with Crippen molar-refractivity contribution >= 4 is 31.6 Å². The van der Waals surface area contributed by atoms with Crippen molar-refractivity contribution < 1.29 is 8.42 Å². The number of anilines is 1. The van der Waals surface area contributed by atoms with Crippen LogP contribution >= 0.6 is 15.9 Å². The van der Waals surface area contributed by atoms with E-state index in [1.165, 1.54) is 17.4 Å². The molecule has 0 saturated carbocycles. The summed E-state index contributed by atoms with van der Waals surface area (Å²) >= 11 is 3.19. The van der Waals surface area contributed by atoms with Gasteiger partial charge in [-0.1, -0.05) is 6.92 Å². The maximum atomic E-state index is 12.0. The van der Waals surface area contributed by atoms with Gasteiger partial charge in [0.15, 0.2) is 0 Å². The fraction of sp³-hybridized carbons (Fsp3) is 0.333. The summed E-state index contributed by atoms with van der Waals surface area (Å²) in [6.07, 6.45) is 0. The molecule has 0 heterocycles. The van der Waals surface area contributed by atoms with Crippen LogP contribution in [-0.2, 0) is 10.0 Å².